The van der Waals surface area contributed by atoms with Gasteiger partial charge in [-0.25, -0.2) is 19.9 Å². The van der Waals surface area contributed by atoms with E-state index < -0.39 is 48.3 Å². The number of aromatic amines is 4. The third-order valence-electron chi connectivity index (χ3n) is 21.2. The van der Waals surface area contributed by atoms with E-state index in [9.17, 15) is 60.0 Å². The number of aliphatic hydroxyl groups is 2. The zero-order valence-electron chi connectivity index (χ0n) is 63.0. The number of aryl methyl sites for hydroxylation is 6. The van der Waals surface area contributed by atoms with Crippen LogP contribution in [0.2, 0.25) is 0 Å². The Balaban J connectivity index is 0.000000492. The number of rotatable bonds is 22. The van der Waals surface area contributed by atoms with E-state index in [2.05, 4.69) is 33.8 Å². The lowest BCUT2D eigenvalue weighted by Gasteiger charge is -2.22. The molecule has 556 valence electrons. The highest BCUT2D eigenvalue weighted by Gasteiger charge is 2.30. The van der Waals surface area contributed by atoms with Crippen molar-refractivity contribution in [3.63, 3.8) is 0 Å². The fraction of sp³-hybridized carbons (Fsp3) is 0.326. The SMILES string of the molecule is CC/C(=C(/CC)c1ccc(O)cc1)c1ccc(O)cc1.CC1=C(CCC(=O)O)c2cc3[nH]c(cc4nc(cc5[nH]c(cc1n2)c(C)c5C(C)OC(C)C1=C(C)c2cc5[nH]c(cc6nc(cc7[nH]c(cc1n2)c(C)c7CCC(=O)O)C(CCC(=O)O)=C6C)c(C)c5C(C)O)C(C)=C4C(C)O)c(C)c3CCC(=O)O. The fourth-order valence-electron chi connectivity index (χ4n) is 15.6. The third-order valence-corrected chi connectivity index (χ3v) is 21.2. The number of fused-ring (bicyclic) bond motifs is 16. The second-order valence-electron chi connectivity index (χ2n) is 28.2. The number of carboxylic acid groups (broad SMARTS) is 4. The molecule has 12 rings (SSSR count). The van der Waals surface area contributed by atoms with Gasteiger partial charge < -0.3 is 65.5 Å². The quantitative estimate of drug-likeness (QED) is 0.0280. The molecule has 0 amide bonds. The number of carboxylic acids is 4. The van der Waals surface area contributed by atoms with Crippen LogP contribution in [-0.4, -0.2) is 117 Å². The first-order chi connectivity index (χ1) is 50.8. The lowest BCUT2D eigenvalue weighted by Crippen LogP contribution is -2.14. The summed E-state index contributed by atoms with van der Waals surface area (Å²) in [7, 11) is 0. The minimum absolute atomic E-state index is 0.121. The molecule has 8 aromatic rings. The maximum Gasteiger partial charge on any atom is 0.303 e. The highest BCUT2D eigenvalue weighted by Crippen LogP contribution is 2.43. The first kappa shape index (κ1) is 76.9. The van der Waals surface area contributed by atoms with E-state index in [0.717, 1.165) is 102 Å². The maximum atomic E-state index is 12.2. The van der Waals surface area contributed by atoms with Crippen molar-refractivity contribution in [1.29, 1.82) is 0 Å². The van der Waals surface area contributed by atoms with E-state index >= 15 is 0 Å². The molecule has 107 heavy (non-hydrogen) atoms. The van der Waals surface area contributed by atoms with Crippen molar-refractivity contribution in [2.45, 2.75) is 186 Å². The largest absolute Gasteiger partial charge is 0.508 e. The van der Waals surface area contributed by atoms with E-state index in [4.69, 9.17) is 24.7 Å². The molecule has 4 aliphatic heterocycles. The number of aliphatic carboxylic acids is 4. The van der Waals surface area contributed by atoms with Gasteiger partial charge in [-0.05, 0) is 283 Å². The molecule has 0 aliphatic carbocycles. The molecule has 0 spiro atoms. The molecule has 0 radical (unpaired) electrons. The minimum Gasteiger partial charge on any atom is -0.508 e. The smallest absolute Gasteiger partial charge is 0.303 e. The van der Waals surface area contributed by atoms with Crippen molar-refractivity contribution >= 4 is 124 Å². The number of phenolic OH excluding ortho intramolecular Hbond substituents is 2. The van der Waals surface area contributed by atoms with Crippen molar-refractivity contribution in [2.24, 2.45) is 0 Å². The van der Waals surface area contributed by atoms with Crippen LogP contribution < -0.4 is 0 Å². The van der Waals surface area contributed by atoms with Gasteiger partial charge in [0.1, 0.15) is 11.5 Å². The monoisotopic (exact) mass is 1450 g/mol. The summed E-state index contributed by atoms with van der Waals surface area (Å²) in [5.41, 5.74) is 27.3. The Hall–Kier alpha value is -11.3. The average Bonchev–Trinajstić information content (AvgIpc) is 1.62. The van der Waals surface area contributed by atoms with Crippen LogP contribution >= 0.6 is 0 Å². The van der Waals surface area contributed by atoms with Gasteiger partial charge in [0.2, 0.25) is 0 Å². The van der Waals surface area contributed by atoms with Gasteiger partial charge in [-0.1, -0.05) is 38.1 Å². The first-order valence-corrected chi connectivity index (χ1v) is 36.4. The van der Waals surface area contributed by atoms with Crippen molar-refractivity contribution in [3.05, 3.63) is 198 Å². The zero-order valence-corrected chi connectivity index (χ0v) is 63.0. The normalized spacial score (nSPS) is 14.4. The topological polar surface area (TPSA) is 354 Å². The number of H-pyrrole nitrogens is 4. The molecular formula is C86H94N8O13. The van der Waals surface area contributed by atoms with Gasteiger partial charge >= 0.3 is 23.9 Å². The number of allylic oxidation sites excluding steroid dienone is 8. The lowest BCUT2D eigenvalue weighted by atomic mass is 9.91. The van der Waals surface area contributed by atoms with Crippen LogP contribution in [-0.2, 0) is 36.8 Å². The molecule has 4 atom stereocenters. The molecule has 0 saturated heterocycles. The molecule has 4 unspecified atom stereocenters. The van der Waals surface area contributed by atoms with Crippen LogP contribution in [0.25, 0.3) is 99.9 Å². The molecule has 0 saturated carbocycles. The van der Waals surface area contributed by atoms with Gasteiger partial charge in [0.15, 0.2) is 0 Å². The van der Waals surface area contributed by atoms with E-state index in [1.165, 1.54) is 11.1 Å². The van der Waals surface area contributed by atoms with Crippen LogP contribution in [0.3, 0.4) is 0 Å². The van der Waals surface area contributed by atoms with Gasteiger partial charge in [0.25, 0.3) is 0 Å². The van der Waals surface area contributed by atoms with Gasteiger partial charge in [0.05, 0.1) is 70.0 Å². The third kappa shape index (κ3) is 16.1. The molecule has 16 bridgehead atoms. The number of aromatic nitrogens is 8. The number of nitrogens with zero attached hydrogens (tertiary/aromatic N) is 4. The summed E-state index contributed by atoms with van der Waals surface area (Å²) in [4.78, 5) is 83.2. The summed E-state index contributed by atoms with van der Waals surface area (Å²) in [5.74, 6) is -3.25. The second-order valence-corrected chi connectivity index (χ2v) is 28.2. The lowest BCUT2D eigenvalue weighted by molar-refractivity contribution is -0.138. The van der Waals surface area contributed by atoms with E-state index in [-0.39, 0.29) is 62.9 Å². The van der Waals surface area contributed by atoms with Crippen molar-refractivity contribution in [3.8, 4) is 11.5 Å². The molecule has 21 nitrogen and oxygen atoms in total. The minimum atomic E-state index is -0.958. The molecule has 4 aliphatic rings. The Morgan fingerprint density at radius 1 is 0.374 bits per heavy atom. The number of ether oxygens (including phenoxy) is 1. The number of carbonyl (C=O) groups is 4. The van der Waals surface area contributed by atoms with E-state index in [1.807, 2.05) is 142 Å². The van der Waals surface area contributed by atoms with Crippen molar-refractivity contribution < 1.29 is 64.8 Å². The van der Waals surface area contributed by atoms with Gasteiger partial charge in [-0.15, -0.1) is 0 Å². The Morgan fingerprint density at radius 3 is 1.08 bits per heavy atom. The number of hydrogen-bond donors (Lipinski definition) is 12. The number of phenols is 2. The summed E-state index contributed by atoms with van der Waals surface area (Å²) < 4.78 is 7.26. The van der Waals surface area contributed by atoms with Crippen molar-refractivity contribution in [1.82, 2.24) is 39.9 Å². The second kappa shape index (κ2) is 31.8. The molecule has 10 heterocycles. The highest BCUT2D eigenvalue weighted by molar-refractivity contribution is 5.99. The van der Waals surface area contributed by atoms with Crippen LogP contribution in [0.15, 0.2) is 97.1 Å². The van der Waals surface area contributed by atoms with Crippen LogP contribution in [0, 0.1) is 27.7 Å². The number of nitrogens with one attached hydrogen (secondary N) is 4. The van der Waals surface area contributed by atoms with Crippen LogP contribution in [0.5, 0.6) is 11.5 Å². The summed E-state index contributed by atoms with van der Waals surface area (Å²) in [6, 6.07) is 30.0. The van der Waals surface area contributed by atoms with Gasteiger partial charge in [0, 0.05) is 92.1 Å². The number of aliphatic hydroxyl groups excluding tert-OH is 2. The maximum absolute atomic E-state index is 12.2. The number of benzene rings is 2. The molecule has 6 aromatic heterocycles. The number of hydrogen-bond acceptors (Lipinski definition) is 13. The average molecular weight is 1450 g/mol. The Morgan fingerprint density at radius 2 is 0.692 bits per heavy atom. The van der Waals surface area contributed by atoms with Crippen molar-refractivity contribution in [2.75, 3.05) is 0 Å². The summed E-state index contributed by atoms with van der Waals surface area (Å²) in [5, 5.41) is 81.0. The predicted octanol–water partition coefficient (Wildman–Crippen LogP) is 18.1. The summed E-state index contributed by atoms with van der Waals surface area (Å²) in [6.45, 7) is 27.2. The fourth-order valence-corrected chi connectivity index (χ4v) is 15.6. The standard InChI is InChI=1S/C68H74N8O11.C18H20O2/c1-29-41(13-17-61(79)80)53-28-56-44(16-20-64(85)86)32(4)48(72-56)24-59-68(36(8)52(76-59)25-58-65(37(9)77)33(5)49(73-58)21-45(29)69-53)40(12)87-39(11)67-35(7)50-22-46-30(2)42(14-18-62(81)82)54(70-46)27-55-43(15-19-63(83)84)31(3)47(71-55)23-57-66(38(10)78)34(6)51(74-57)26-60(67)75-50;1-3-17(13-5-9-15(19)10-6-13)18(4-2)14-7-11-16(20)12-8-14/h21-28,37-40,71-73,75,77-78H,13-20H2,1-12H3,(H,79,80)(H,81,82)(H,83,84)(H,85,86);5-12,19-20H,3-4H2,1-2H3/b;18-17+. The number of aromatic hydroxyl groups is 2. The zero-order chi connectivity index (χ0) is 77.3. The van der Waals surface area contributed by atoms with E-state index in [1.54, 1.807) is 38.1 Å². The van der Waals surface area contributed by atoms with Crippen LogP contribution in [0.1, 0.15) is 234 Å². The van der Waals surface area contributed by atoms with E-state index in [0.29, 0.717) is 101 Å². The Labute approximate surface area is 620 Å². The predicted molar refractivity (Wildman–Crippen MR) is 421 cm³/mol. The molecule has 12 N–H and O–H groups in total. The Bertz CT molecular complexity index is 5400. The Kier molecular flexibility index (Phi) is 22.9. The summed E-state index contributed by atoms with van der Waals surface area (Å²) >= 11 is 0. The molecule has 2 aromatic carbocycles. The summed E-state index contributed by atoms with van der Waals surface area (Å²) in [6.07, 6.45) is -0.873. The van der Waals surface area contributed by atoms with Gasteiger partial charge in [-0.3, -0.25) is 19.2 Å². The highest BCUT2D eigenvalue weighted by atomic mass is 16.5. The van der Waals surface area contributed by atoms with Crippen LogP contribution in [0.4, 0.5) is 0 Å². The molecular weight excluding hydrogens is 1350 g/mol. The molecule has 0 fully saturated rings. The first-order valence-electron chi connectivity index (χ1n) is 36.4. The molecule has 21 heteroatoms. The van der Waals surface area contributed by atoms with Gasteiger partial charge in [-0.2, -0.15) is 0 Å².